The minimum atomic E-state index is 0.0758. The molecule has 2 N–H and O–H groups in total. The van der Waals surface area contributed by atoms with Crippen molar-refractivity contribution in [3.8, 4) is 6.01 Å². The first-order valence-electron chi connectivity index (χ1n) is 11.6. The van der Waals surface area contributed by atoms with Gasteiger partial charge in [0.05, 0.1) is 12.6 Å². The molecular weight excluding hydrogens is 406 g/mol. The van der Waals surface area contributed by atoms with E-state index in [0.29, 0.717) is 36.9 Å². The standard InChI is InChI=1S/C24H31N5O3/c25-22-21-12-19(30)15-29(23(21)27-24(26-22)32-16-20-7-4-10-31-20)14-18-6-3-5-17(11-18)13-28-8-1-2-9-28/h3,5-6,11,20H,1-2,4,7-10,12-16H2,(H2,25,26,27). The van der Waals surface area contributed by atoms with Crippen LogP contribution in [0.25, 0.3) is 0 Å². The lowest BCUT2D eigenvalue weighted by Crippen LogP contribution is -2.37. The maximum Gasteiger partial charge on any atom is 0.320 e. The van der Waals surface area contributed by atoms with E-state index in [4.69, 9.17) is 15.2 Å². The Kier molecular flexibility index (Phi) is 6.23. The molecule has 1 aromatic carbocycles. The van der Waals surface area contributed by atoms with Gasteiger partial charge in [-0.15, -0.1) is 0 Å². The maximum atomic E-state index is 12.5. The molecule has 170 valence electrons. The molecule has 1 aromatic heterocycles. The summed E-state index contributed by atoms with van der Waals surface area (Å²) >= 11 is 0. The summed E-state index contributed by atoms with van der Waals surface area (Å²) in [6.45, 7) is 5.40. The minimum Gasteiger partial charge on any atom is -0.461 e. The van der Waals surface area contributed by atoms with Crippen molar-refractivity contribution >= 4 is 17.4 Å². The lowest BCUT2D eigenvalue weighted by molar-refractivity contribution is -0.117. The van der Waals surface area contributed by atoms with Crippen LogP contribution in [0.2, 0.25) is 0 Å². The molecule has 8 nitrogen and oxygen atoms in total. The average molecular weight is 438 g/mol. The van der Waals surface area contributed by atoms with E-state index >= 15 is 0 Å². The number of anilines is 2. The molecule has 0 radical (unpaired) electrons. The molecule has 0 spiro atoms. The monoisotopic (exact) mass is 437 g/mol. The number of nitrogens with zero attached hydrogens (tertiary/aromatic N) is 4. The Morgan fingerprint density at radius 1 is 1.12 bits per heavy atom. The first kappa shape index (κ1) is 21.2. The Morgan fingerprint density at radius 2 is 1.94 bits per heavy atom. The SMILES string of the molecule is Nc1nc(OCC2CCCO2)nc2c1CC(=O)CN2Cc1cccc(CN2CCCC2)c1. The highest BCUT2D eigenvalue weighted by Gasteiger charge is 2.28. The van der Waals surface area contributed by atoms with E-state index in [2.05, 4.69) is 39.1 Å². The van der Waals surface area contributed by atoms with Crippen LogP contribution in [0, 0.1) is 0 Å². The molecular formula is C24H31N5O3. The van der Waals surface area contributed by atoms with Crippen LogP contribution in [0.5, 0.6) is 6.01 Å². The van der Waals surface area contributed by atoms with Crippen molar-refractivity contribution in [3.05, 3.63) is 41.0 Å². The predicted octanol–water partition coefficient (Wildman–Crippen LogP) is 2.34. The number of aromatic nitrogens is 2. The fraction of sp³-hybridized carbons (Fsp3) is 0.542. The fourth-order valence-corrected chi connectivity index (χ4v) is 4.82. The second-order valence-corrected chi connectivity index (χ2v) is 9.01. The molecule has 2 aromatic rings. The van der Waals surface area contributed by atoms with Gasteiger partial charge in [-0.1, -0.05) is 24.3 Å². The Hall–Kier alpha value is -2.71. The van der Waals surface area contributed by atoms with Crippen LogP contribution < -0.4 is 15.4 Å². The second-order valence-electron chi connectivity index (χ2n) is 9.01. The summed E-state index contributed by atoms with van der Waals surface area (Å²) < 4.78 is 11.4. The second kappa shape index (κ2) is 9.42. The zero-order valence-electron chi connectivity index (χ0n) is 18.5. The number of Topliss-reactive ketones (excluding diaryl/α,β-unsaturated/α-hetero) is 1. The van der Waals surface area contributed by atoms with E-state index < -0.39 is 0 Å². The highest BCUT2D eigenvalue weighted by atomic mass is 16.5. The molecule has 3 aliphatic heterocycles. The van der Waals surface area contributed by atoms with Gasteiger partial charge < -0.3 is 20.1 Å². The molecule has 4 heterocycles. The van der Waals surface area contributed by atoms with Crippen molar-refractivity contribution in [3.63, 3.8) is 0 Å². The van der Waals surface area contributed by atoms with Crippen LogP contribution in [0.1, 0.15) is 42.4 Å². The Labute approximate surface area is 188 Å². The Balaban J connectivity index is 1.34. The number of benzene rings is 1. The van der Waals surface area contributed by atoms with E-state index in [-0.39, 0.29) is 24.3 Å². The molecule has 5 rings (SSSR count). The lowest BCUT2D eigenvalue weighted by Gasteiger charge is -2.30. The van der Waals surface area contributed by atoms with Gasteiger partial charge in [0, 0.05) is 31.7 Å². The number of carbonyl (C=O) groups is 1. The van der Waals surface area contributed by atoms with E-state index in [9.17, 15) is 4.79 Å². The summed E-state index contributed by atoms with van der Waals surface area (Å²) in [5.41, 5.74) is 9.36. The lowest BCUT2D eigenvalue weighted by atomic mass is 10.0. The predicted molar refractivity (Wildman–Crippen MR) is 122 cm³/mol. The van der Waals surface area contributed by atoms with Gasteiger partial charge in [0.2, 0.25) is 0 Å². The molecule has 0 bridgehead atoms. The zero-order valence-corrected chi connectivity index (χ0v) is 18.5. The van der Waals surface area contributed by atoms with Gasteiger partial charge in [-0.3, -0.25) is 9.69 Å². The van der Waals surface area contributed by atoms with Crippen LogP contribution in [-0.4, -0.2) is 59.6 Å². The summed E-state index contributed by atoms with van der Waals surface area (Å²) in [6.07, 6.45) is 4.93. The number of rotatable bonds is 7. The van der Waals surface area contributed by atoms with Crippen molar-refractivity contribution in [1.29, 1.82) is 0 Å². The van der Waals surface area contributed by atoms with Gasteiger partial charge in [0.1, 0.15) is 18.2 Å². The minimum absolute atomic E-state index is 0.0758. The van der Waals surface area contributed by atoms with Crippen LogP contribution >= 0.6 is 0 Å². The highest BCUT2D eigenvalue weighted by Crippen LogP contribution is 2.31. The van der Waals surface area contributed by atoms with Crippen molar-refractivity contribution in [2.75, 3.05) is 43.5 Å². The average Bonchev–Trinajstić information content (AvgIpc) is 3.48. The third-order valence-electron chi connectivity index (χ3n) is 6.43. The molecule has 0 amide bonds. The van der Waals surface area contributed by atoms with Crippen LogP contribution in [0.3, 0.4) is 0 Å². The zero-order chi connectivity index (χ0) is 21.9. The normalized spacial score (nSPS) is 21.2. The van der Waals surface area contributed by atoms with Gasteiger partial charge in [0.25, 0.3) is 0 Å². The van der Waals surface area contributed by atoms with Gasteiger partial charge >= 0.3 is 6.01 Å². The number of carbonyl (C=O) groups excluding carboxylic acids is 1. The maximum absolute atomic E-state index is 12.5. The number of ketones is 1. The molecule has 2 saturated heterocycles. The number of hydrogen-bond donors (Lipinski definition) is 1. The third kappa shape index (κ3) is 4.86. The Morgan fingerprint density at radius 3 is 2.72 bits per heavy atom. The number of likely N-dealkylation sites (tertiary alicyclic amines) is 1. The molecule has 1 atom stereocenters. The van der Waals surface area contributed by atoms with Crippen LogP contribution in [0.4, 0.5) is 11.6 Å². The summed E-state index contributed by atoms with van der Waals surface area (Å²) in [5, 5.41) is 0. The summed E-state index contributed by atoms with van der Waals surface area (Å²) in [6, 6.07) is 8.85. The third-order valence-corrected chi connectivity index (χ3v) is 6.43. The van der Waals surface area contributed by atoms with Gasteiger partial charge in [-0.2, -0.15) is 9.97 Å². The fourth-order valence-electron chi connectivity index (χ4n) is 4.82. The van der Waals surface area contributed by atoms with Crippen LogP contribution in [-0.2, 0) is 29.0 Å². The Bertz CT molecular complexity index is 970. The number of nitrogens with two attached hydrogens (primary N) is 1. The molecule has 0 saturated carbocycles. The highest BCUT2D eigenvalue weighted by molar-refractivity contribution is 5.91. The van der Waals surface area contributed by atoms with Gasteiger partial charge in [0.15, 0.2) is 5.78 Å². The van der Waals surface area contributed by atoms with Crippen molar-refractivity contribution in [2.24, 2.45) is 0 Å². The van der Waals surface area contributed by atoms with Crippen molar-refractivity contribution in [2.45, 2.75) is 51.3 Å². The number of ether oxygens (including phenoxy) is 2. The number of nitrogen functional groups attached to an aromatic ring is 1. The molecule has 8 heteroatoms. The first-order chi connectivity index (χ1) is 15.6. The van der Waals surface area contributed by atoms with E-state index in [0.717, 1.165) is 31.6 Å². The molecule has 32 heavy (non-hydrogen) atoms. The van der Waals surface area contributed by atoms with E-state index in [1.165, 1.54) is 31.5 Å². The van der Waals surface area contributed by atoms with Gasteiger partial charge in [-0.05, 0) is 49.9 Å². The number of fused-ring (bicyclic) bond motifs is 1. The molecule has 0 aliphatic carbocycles. The van der Waals surface area contributed by atoms with E-state index in [1.807, 2.05) is 4.90 Å². The van der Waals surface area contributed by atoms with Crippen molar-refractivity contribution < 1.29 is 14.3 Å². The quantitative estimate of drug-likeness (QED) is 0.706. The summed E-state index contributed by atoms with van der Waals surface area (Å²) in [4.78, 5) is 25.9. The topological polar surface area (TPSA) is 93.8 Å². The van der Waals surface area contributed by atoms with Crippen molar-refractivity contribution in [1.82, 2.24) is 14.9 Å². The smallest absolute Gasteiger partial charge is 0.320 e. The first-order valence-corrected chi connectivity index (χ1v) is 11.6. The van der Waals surface area contributed by atoms with Gasteiger partial charge in [-0.25, -0.2) is 0 Å². The summed E-state index contributed by atoms with van der Waals surface area (Å²) in [7, 11) is 0. The number of hydrogen-bond acceptors (Lipinski definition) is 8. The van der Waals surface area contributed by atoms with E-state index in [1.54, 1.807) is 0 Å². The molecule has 1 unspecified atom stereocenters. The summed E-state index contributed by atoms with van der Waals surface area (Å²) in [5.74, 6) is 1.14. The molecule has 2 fully saturated rings. The largest absolute Gasteiger partial charge is 0.461 e. The van der Waals surface area contributed by atoms with Crippen LogP contribution in [0.15, 0.2) is 24.3 Å². The molecule has 3 aliphatic rings.